The molecule has 10 heteroatoms. The summed E-state index contributed by atoms with van der Waals surface area (Å²) in [5.41, 5.74) is -1.59. The highest BCUT2D eigenvalue weighted by Gasteiger charge is 2.28. The minimum Gasteiger partial charge on any atom is -0.508 e. The quantitative estimate of drug-likeness (QED) is 0.112. The van der Waals surface area contributed by atoms with Crippen molar-refractivity contribution in [3.8, 4) is 40.1 Å². The Balaban J connectivity index is 1.96. The Morgan fingerprint density at radius 3 is 2.03 bits per heavy atom. The molecule has 158 valence electrons. The summed E-state index contributed by atoms with van der Waals surface area (Å²) >= 11 is 0. The fourth-order valence-corrected chi connectivity index (χ4v) is 4.03. The average Bonchev–Trinajstić information content (AvgIpc) is 2.74. The molecule has 0 bridgehead atoms. The predicted molar refractivity (Wildman–Crippen MR) is 110 cm³/mol. The molecule has 3 aromatic heterocycles. The van der Waals surface area contributed by atoms with E-state index in [-0.39, 0.29) is 55.6 Å². The van der Waals surface area contributed by atoms with Crippen LogP contribution in [0.2, 0.25) is 0 Å². The van der Waals surface area contributed by atoms with Crippen LogP contribution in [0.1, 0.15) is 0 Å². The fourth-order valence-electron chi connectivity index (χ4n) is 4.03. The van der Waals surface area contributed by atoms with E-state index in [1.165, 1.54) is 12.1 Å². The third kappa shape index (κ3) is 2.12. The first kappa shape index (κ1) is 18.0. The highest BCUT2D eigenvalue weighted by Crippen LogP contribution is 2.47. The van der Waals surface area contributed by atoms with Gasteiger partial charge in [-0.05, 0) is 12.1 Å². The van der Waals surface area contributed by atoms with Gasteiger partial charge in [0.05, 0.1) is 16.8 Å². The van der Waals surface area contributed by atoms with Gasteiger partial charge in [-0.25, -0.2) is 4.79 Å². The van der Waals surface area contributed by atoms with Crippen LogP contribution in [0.25, 0.3) is 55.2 Å². The molecule has 3 heterocycles. The van der Waals surface area contributed by atoms with Crippen molar-refractivity contribution < 1.29 is 43.6 Å². The molecule has 0 aliphatic heterocycles. The number of aromatic hydroxyl groups is 5. The molecule has 0 saturated heterocycles. The van der Waals surface area contributed by atoms with Gasteiger partial charge in [-0.3, -0.25) is 4.79 Å². The van der Waals surface area contributed by atoms with Gasteiger partial charge in [-0.15, -0.1) is 0 Å². The zero-order chi connectivity index (χ0) is 22.5. The van der Waals surface area contributed by atoms with Gasteiger partial charge in [0.15, 0.2) is 34.2 Å². The van der Waals surface area contributed by atoms with Gasteiger partial charge < -0.3 is 38.8 Å². The molecule has 6 aromatic rings. The van der Waals surface area contributed by atoms with Crippen molar-refractivity contribution >= 4 is 43.9 Å². The smallest absolute Gasteiger partial charge is 0.386 e. The fraction of sp³-hybridized carbons (Fsp3) is 0. The number of rotatable bonds is 1. The second-order valence-corrected chi connectivity index (χ2v) is 7.30. The molecule has 0 aliphatic rings. The zero-order valence-corrected chi connectivity index (χ0v) is 15.7. The van der Waals surface area contributed by atoms with Crippen LogP contribution in [0.3, 0.4) is 0 Å². The summed E-state index contributed by atoms with van der Waals surface area (Å²) < 4.78 is 17.1. The lowest BCUT2D eigenvalue weighted by Crippen LogP contribution is -2.09. The summed E-state index contributed by atoms with van der Waals surface area (Å²) in [4.78, 5) is 22.8. The maximum absolute atomic E-state index is 12.8. The van der Waals surface area contributed by atoms with Gasteiger partial charge in [0.1, 0.15) is 16.9 Å². The van der Waals surface area contributed by atoms with Crippen molar-refractivity contribution in [2.75, 3.05) is 0 Å². The number of phenolic OH excluding ortho intramolecular Hbond substituents is 5. The second-order valence-electron chi connectivity index (χ2n) is 7.30. The topological polar surface area (TPSA) is 179 Å². The third-order valence-electron chi connectivity index (χ3n) is 5.39. The van der Waals surface area contributed by atoms with Crippen molar-refractivity contribution in [2.24, 2.45) is 0 Å². The molecule has 0 fully saturated rings. The van der Waals surface area contributed by atoms with Crippen LogP contribution in [0, 0.1) is 0 Å². The number of benzene rings is 3. The summed E-state index contributed by atoms with van der Waals surface area (Å²) in [6.45, 7) is 0. The van der Waals surface area contributed by atoms with Crippen LogP contribution in [0.4, 0.5) is 0 Å². The normalized spacial score (nSPS) is 12.0. The van der Waals surface area contributed by atoms with Gasteiger partial charge >= 0.3 is 11.1 Å². The summed E-state index contributed by atoms with van der Waals surface area (Å²) in [7, 11) is 0. The first-order valence-corrected chi connectivity index (χ1v) is 9.16. The molecule has 0 atom stereocenters. The van der Waals surface area contributed by atoms with Crippen LogP contribution in [0.15, 0.2) is 48.4 Å². The van der Waals surface area contributed by atoms with E-state index in [1.54, 1.807) is 0 Å². The molecule has 0 saturated carbocycles. The van der Waals surface area contributed by atoms with Crippen molar-refractivity contribution in [1.82, 2.24) is 0 Å². The lowest BCUT2D eigenvalue weighted by atomic mass is 9.99. The van der Waals surface area contributed by atoms with E-state index in [0.717, 1.165) is 18.2 Å². The van der Waals surface area contributed by atoms with Crippen LogP contribution < -0.4 is 11.1 Å². The van der Waals surface area contributed by atoms with Crippen molar-refractivity contribution in [3.63, 3.8) is 0 Å². The van der Waals surface area contributed by atoms with E-state index >= 15 is 0 Å². The molecule has 0 spiro atoms. The lowest BCUT2D eigenvalue weighted by molar-refractivity contribution is 0.368. The Morgan fingerprint density at radius 2 is 1.34 bits per heavy atom. The Hall–Kier alpha value is -4.86. The SMILES string of the molecule is O=c1oc2c(-c3cc(O)c(O)c(O)c3)oc3cc(O)cc4oc5c(O)c(=[OH+])cc1c5c2c34. The molecular weight excluding hydrogens is 424 g/mol. The first-order valence-electron chi connectivity index (χ1n) is 9.16. The van der Waals surface area contributed by atoms with Crippen molar-refractivity contribution in [1.29, 1.82) is 0 Å². The minimum absolute atomic E-state index is 0.0446. The number of phenols is 5. The summed E-state index contributed by atoms with van der Waals surface area (Å²) in [5, 5.41) is 50.8. The molecule has 10 nitrogen and oxygen atoms in total. The van der Waals surface area contributed by atoms with Crippen LogP contribution in [-0.4, -0.2) is 30.3 Å². The van der Waals surface area contributed by atoms with E-state index in [1.807, 2.05) is 0 Å². The Labute approximate surface area is 174 Å². The molecule has 32 heavy (non-hydrogen) atoms. The molecule has 0 aliphatic carbocycles. The zero-order valence-electron chi connectivity index (χ0n) is 15.7. The highest BCUT2D eigenvalue weighted by molar-refractivity contribution is 6.28. The number of hydrogen-bond donors (Lipinski definition) is 5. The van der Waals surface area contributed by atoms with Crippen LogP contribution in [-0.2, 0) is 0 Å². The monoisotopic (exact) mass is 435 g/mol. The molecule has 6 rings (SSSR count). The second kappa shape index (κ2) is 5.64. The molecule has 0 amide bonds. The maximum atomic E-state index is 12.8. The van der Waals surface area contributed by atoms with Gasteiger partial charge in [0, 0.05) is 28.5 Å². The standard InChI is InChI=1S/C22H10O10/c23-7-3-12-15-13(4-7)31-20-14-8(5-11(26)18(20)28)22(29)32-21(16(14)15)19(30-12)6-1-9(24)17(27)10(25)2-6/h1-5,23-25,27-28H/p+1. The lowest BCUT2D eigenvalue weighted by Gasteiger charge is -2.14. The maximum Gasteiger partial charge on any atom is 0.386 e. The van der Waals surface area contributed by atoms with Gasteiger partial charge in [-0.2, -0.15) is 0 Å². The molecule has 6 N–H and O–H groups in total. The van der Waals surface area contributed by atoms with E-state index < -0.39 is 34.1 Å². The molecule has 0 unspecified atom stereocenters. The van der Waals surface area contributed by atoms with E-state index in [2.05, 4.69) is 0 Å². The van der Waals surface area contributed by atoms with E-state index in [0.29, 0.717) is 5.39 Å². The minimum atomic E-state index is -0.877. The first-order chi connectivity index (χ1) is 15.2. The average molecular weight is 435 g/mol. The van der Waals surface area contributed by atoms with E-state index in [9.17, 15) is 35.1 Å². The largest absolute Gasteiger partial charge is 0.508 e. The summed E-state index contributed by atoms with van der Waals surface area (Å²) in [6.07, 6.45) is 0. The van der Waals surface area contributed by atoms with Crippen molar-refractivity contribution in [2.45, 2.75) is 0 Å². The van der Waals surface area contributed by atoms with Crippen LogP contribution >= 0.6 is 0 Å². The molecule has 3 aromatic carbocycles. The third-order valence-corrected chi connectivity index (χ3v) is 5.39. The number of hydrogen-bond acceptors (Lipinski definition) is 9. The van der Waals surface area contributed by atoms with Gasteiger partial charge in [0.2, 0.25) is 0 Å². The van der Waals surface area contributed by atoms with E-state index in [4.69, 9.17) is 13.3 Å². The van der Waals surface area contributed by atoms with Crippen LogP contribution in [0.5, 0.6) is 28.7 Å². The molecular formula is C22H11O10+. The predicted octanol–water partition coefficient (Wildman–Crippen LogP) is 3.08. The Bertz CT molecular complexity index is 1850. The Morgan fingerprint density at radius 1 is 0.688 bits per heavy atom. The van der Waals surface area contributed by atoms with Gasteiger partial charge in [-0.1, -0.05) is 0 Å². The highest BCUT2D eigenvalue weighted by atomic mass is 16.4. The summed E-state index contributed by atoms with van der Waals surface area (Å²) in [6, 6.07) is 5.77. The summed E-state index contributed by atoms with van der Waals surface area (Å²) in [5.74, 6) is -3.02. The molecule has 0 radical (unpaired) electrons. The van der Waals surface area contributed by atoms with Gasteiger partial charge in [0.25, 0.3) is 5.75 Å². The Kier molecular flexibility index (Phi) is 3.16. The van der Waals surface area contributed by atoms with Crippen molar-refractivity contribution in [3.05, 3.63) is 46.2 Å².